The molecule has 1 fully saturated rings. The van der Waals surface area contributed by atoms with Crippen molar-refractivity contribution in [3.63, 3.8) is 0 Å². The molecule has 0 amide bonds. The van der Waals surface area contributed by atoms with Gasteiger partial charge in [-0.2, -0.15) is 0 Å². The lowest BCUT2D eigenvalue weighted by atomic mass is 10.6. The maximum absolute atomic E-state index is 8.31. The second-order valence-electron chi connectivity index (χ2n) is 1.72. The minimum absolute atomic E-state index is 0.247. The largest absolute Gasteiger partial charge is 0.395 e. The topological polar surface area (TPSA) is 45.2 Å². The van der Waals surface area contributed by atoms with Crippen LogP contribution in [0.15, 0.2) is 0 Å². The quantitative estimate of drug-likeness (QED) is 0.446. The molecule has 1 aliphatic heterocycles. The van der Waals surface area contributed by atoms with E-state index < -0.39 is 0 Å². The van der Waals surface area contributed by atoms with Crippen LogP contribution in [0.25, 0.3) is 0 Å². The van der Waals surface area contributed by atoms with Crippen LogP contribution in [0, 0.1) is 0 Å². The molecule has 0 spiro atoms. The zero-order chi connectivity index (χ0) is 5.28. The minimum atomic E-state index is 0.247. The first kappa shape index (κ1) is 5.03. The molecule has 1 rings (SSSR count). The molecule has 42 valence electrons. The van der Waals surface area contributed by atoms with Crippen molar-refractivity contribution in [2.45, 2.75) is 13.1 Å². The Hall–Kier alpha value is -0.120. The lowest BCUT2D eigenvalue weighted by Crippen LogP contribution is -2.07. The summed E-state index contributed by atoms with van der Waals surface area (Å²) in [5.41, 5.74) is 3.01. The van der Waals surface area contributed by atoms with Gasteiger partial charge >= 0.3 is 0 Å². The highest BCUT2D eigenvalue weighted by molar-refractivity contribution is 4.71. The lowest BCUT2D eigenvalue weighted by molar-refractivity contribution is 0.260. The summed E-state index contributed by atoms with van der Waals surface area (Å²) in [6.45, 7) is 3.05. The van der Waals surface area contributed by atoms with E-state index in [0.717, 1.165) is 6.54 Å². The zero-order valence-electron chi connectivity index (χ0n) is 4.39. The summed E-state index contributed by atoms with van der Waals surface area (Å²) < 4.78 is 0. The van der Waals surface area contributed by atoms with Crippen LogP contribution in [0.4, 0.5) is 0 Å². The second kappa shape index (κ2) is 1.78. The number of β-amino-alcohol motifs (C(OH)–C–C–N with tert-alkyl or cyclic N) is 1. The Labute approximate surface area is 42.9 Å². The summed E-state index contributed by atoms with van der Waals surface area (Å²) in [4.78, 5) is 0. The van der Waals surface area contributed by atoms with Crippen molar-refractivity contribution in [3.8, 4) is 0 Å². The third-order valence-corrected chi connectivity index (χ3v) is 1.09. The van der Waals surface area contributed by atoms with Gasteiger partial charge in [0.25, 0.3) is 0 Å². The van der Waals surface area contributed by atoms with Crippen LogP contribution in [0.3, 0.4) is 0 Å². The van der Waals surface area contributed by atoms with E-state index in [1.54, 1.807) is 0 Å². The smallest absolute Gasteiger partial charge is 0.0836 e. The lowest BCUT2D eigenvalue weighted by Gasteiger charge is -1.89. The standard InChI is InChI=1S/C4H10N2O/c1-4-5-6(4)2-3-7/h4-5,7H,2-3H2,1H3. The third kappa shape index (κ3) is 1.12. The van der Waals surface area contributed by atoms with Crippen LogP contribution in [-0.4, -0.2) is 29.4 Å². The number of hydrazine groups is 1. The number of nitrogens with zero attached hydrogens (tertiary/aromatic N) is 1. The van der Waals surface area contributed by atoms with Crippen LogP contribution >= 0.6 is 0 Å². The van der Waals surface area contributed by atoms with Crippen molar-refractivity contribution in [1.82, 2.24) is 10.4 Å². The fourth-order valence-corrected chi connectivity index (χ4v) is 0.573. The van der Waals surface area contributed by atoms with E-state index in [2.05, 4.69) is 12.3 Å². The number of aliphatic hydroxyl groups excluding tert-OH is 1. The number of hydrogen-bond acceptors (Lipinski definition) is 3. The van der Waals surface area contributed by atoms with Crippen molar-refractivity contribution < 1.29 is 5.11 Å². The van der Waals surface area contributed by atoms with E-state index in [0.29, 0.717) is 6.17 Å². The molecule has 2 N–H and O–H groups in total. The molecule has 0 aromatic carbocycles. The van der Waals surface area contributed by atoms with Crippen molar-refractivity contribution in [1.29, 1.82) is 0 Å². The van der Waals surface area contributed by atoms with Crippen LogP contribution in [-0.2, 0) is 0 Å². The molecule has 1 heterocycles. The highest BCUT2D eigenvalue weighted by atomic mass is 16.3. The van der Waals surface area contributed by atoms with Gasteiger partial charge in [0.05, 0.1) is 12.8 Å². The Kier molecular flexibility index (Phi) is 1.27. The van der Waals surface area contributed by atoms with E-state index in [9.17, 15) is 0 Å². The summed E-state index contributed by atoms with van der Waals surface area (Å²) in [7, 11) is 0. The van der Waals surface area contributed by atoms with Gasteiger partial charge in [-0.1, -0.05) is 0 Å². The van der Waals surface area contributed by atoms with Gasteiger partial charge in [0, 0.05) is 6.54 Å². The fourth-order valence-electron chi connectivity index (χ4n) is 0.573. The molecule has 7 heavy (non-hydrogen) atoms. The average molecular weight is 102 g/mol. The molecule has 2 atom stereocenters. The highest BCUT2D eigenvalue weighted by Gasteiger charge is 2.26. The van der Waals surface area contributed by atoms with E-state index in [4.69, 9.17) is 5.11 Å². The Morgan fingerprint density at radius 3 is 2.57 bits per heavy atom. The zero-order valence-corrected chi connectivity index (χ0v) is 4.39. The molecule has 0 bridgehead atoms. The highest BCUT2D eigenvalue weighted by Crippen LogP contribution is 2.03. The Balaban J connectivity index is 1.98. The maximum Gasteiger partial charge on any atom is 0.0836 e. The Bertz CT molecular complexity index is 66.7. The van der Waals surface area contributed by atoms with Gasteiger partial charge in [-0.3, -0.25) is 0 Å². The van der Waals surface area contributed by atoms with Gasteiger partial charge in [0.1, 0.15) is 0 Å². The summed E-state index contributed by atoms with van der Waals surface area (Å²) in [5.74, 6) is 0. The molecular weight excluding hydrogens is 92.1 g/mol. The molecule has 2 unspecified atom stereocenters. The Morgan fingerprint density at radius 1 is 1.86 bits per heavy atom. The van der Waals surface area contributed by atoms with Gasteiger partial charge < -0.3 is 5.11 Å². The van der Waals surface area contributed by atoms with Crippen LogP contribution < -0.4 is 5.43 Å². The maximum atomic E-state index is 8.31. The van der Waals surface area contributed by atoms with E-state index in [1.807, 2.05) is 5.01 Å². The van der Waals surface area contributed by atoms with Gasteiger partial charge in [-0.25, -0.2) is 10.4 Å². The predicted molar refractivity (Wildman–Crippen MR) is 26.4 cm³/mol. The van der Waals surface area contributed by atoms with Gasteiger partial charge in [0.2, 0.25) is 0 Å². The molecule has 3 heteroatoms. The summed E-state index contributed by atoms with van der Waals surface area (Å²) in [6.07, 6.45) is 0.493. The molecular formula is C4H10N2O. The summed E-state index contributed by atoms with van der Waals surface area (Å²) in [6, 6.07) is 0. The molecule has 1 saturated heterocycles. The fraction of sp³-hybridized carbons (Fsp3) is 1.00. The van der Waals surface area contributed by atoms with Crippen molar-refractivity contribution in [2.75, 3.05) is 13.2 Å². The third-order valence-electron chi connectivity index (χ3n) is 1.09. The minimum Gasteiger partial charge on any atom is -0.395 e. The molecule has 3 nitrogen and oxygen atoms in total. The van der Waals surface area contributed by atoms with E-state index >= 15 is 0 Å². The van der Waals surface area contributed by atoms with Crippen molar-refractivity contribution in [3.05, 3.63) is 0 Å². The molecule has 0 saturated carbocycles. The molecule has 0 aromatic rings. The summed E-state index contributed by atoms with van der Waals surface area (Å²) >= 11 is 0. The molecule has 0 radical (unpaired) electrons. The van der Waals surface area contributed by atoms with Gasteiger partial charge in [-0.15, -0.1) is 0 Å². The summed E-state index contributed by atoms with van der Waals surface area (Å²) in [5, 5.41) is 10.3. The first-order chi connectivity index (χ1) is 3.34. The van der Waals surface area contributed by atoms with Gasteiger partial charge in [0.15, 0.2) is 0 Å². The number of nitrogens with one attached hydrogen (secondary N) is 1. The average Bonchev–Trinajstić information content (AvgIpc) is 2.22. The van der Waals surface area contributed by atoms with E-state index in [-0.39, 0.29) is 6.61 Å². The first-order valence-electron chi connectivity index (χ1n) is 2.48. The second-order valence-corrected chi connectivity index (χ2v) is 1.72. The number of hydrogen-bond donors (Lipinski definition) is 2. The van der Waals surface area contributed by atoms with Crippen LogP contribution in [0.1, 0.15) is 6.92 Å². The first-order valence-corrected chi connectivity index (χ1v) is 2.48. The van der Waals surface area contributed by atoms with Crippen LogP contribution in [0.2, 0.25) is 0 Å². The molecule has 0 aromatic heterocycles. The van der Waals surface area contributed by atoms with Crippen molar-refractivity contribution >= 4 is 0 Å². The Morgan fingerprint density at radius 2 is 2.43 bits per heavy atom. The normalized spacial score (nSPS) is 38.6. The molecule has 1 aliphatic rings. The van der Waals surface area contributed by atoms with Crippen LogP contribution in [0.5, 0.6) is 0 Å². The van der Waals surface area contributed by atoms with Gasteiger partial charge in [-0.05, 0) is 6.92 Å². The SMILES string of the molecule is CC1NN1CCO. The monoisotopic (exact) mass is 102 g/mol. The van der Waals surface area contributed by atoms with E-state index in [1.165, 1.54) is 0 Å². The molecule has 0 aliphatic carbocycles. The number of aliphatic hydroxyl groups is 1. The predicted octanol–water partition coefficient (Wildman–Crippen LogP) is -0.855. The van der Waals surface area contributed by atoms with Crippen molar-refractivity contribution in [2.24, 2.45) is 0 Å². The number of rotatable bonds is 2.